The molecule has 2 rings (SSSR count). The number of hydrogen-bond acceptors (Lipinski definition) is 3. The molecule has 0 bridgehead atoms. The Labute approximate surface area is 108 Å². The molecule has 1 N–H and O–H groups in total. The number of anilines is 1. The van der Waals surface area contributed by atoms with E-state index >= 15 is 0 Å². The Morgan fingerprint density at radius 1 is 1.41 bits per heavy atom. The molecule has 1 fully saturated rings. The summed E-state index contributed by atoms with van der Waals surface area (Å²) in [5.74, 6) is 2.93. The van der Waals surface area contributed by atoms with Crippen molar-refractivity contribution < 1.29 is 0 Å². The molecule has 0 aromatic carbocycles. The van der Waals surface area contributed by atoms with Gasteiger partial charge < -0.3 is 5.32 Å². The monoisotopic (exact) mass is 253 g/mol. The molecule has 4 heteroatoms. The minimum atomic E-state index is 0.367. The van der Waals surface area contributed by atoms with Crippen molar-refractivity contribution >= 4 is 17.4 Å². The first-order valence-corrected chi connectivity index (χ1v) is 6.71. The van der Waals surface area contributed by atoms with E-state index in [0.29, 0.717) is 17.2 Å². The number of aryl methyl sites for hydroxylation is 1. The number of nitrogens with one attached hydrogen (secondary N) is 1. The lowest BCUT2D eigenvalue weighted by Crippen LogP contribution is -2.30. The number of aromatic nitrogens is 2. The van der Waals surface area contributed by atoms with Crippen LogP contribution in [0.5, 0.6) is 0 Å². The van der Waals surface area contributed by atoms with Crippen LogP contribution in [-0.4, -0.2) is 21.9 Å². The molecule has 1 aliphatic rings. The van der Waals surface area contributed by atoms with Gasteiger partial charge in [-0.2, -0.15) is 0 Å². The van der Waals surface area contributed by atoms with Crippen molar-refractivity contribution in [2.45, 2.75) is 44.9 Å². The Bertz CT molecular complexity index is 386. The number of rotatable bonds is 4. The first kappa shape index (κ1) is 12.6. The highest BCUT2D eigenvalue weighted by molar-refractivity contribution is 6.21. The summed E-state index contributed by atoms with van der Waals surface area (Å²) >= 11 is 5.96. The van der Waals surface area contributed by atoms with Crippen LogP contribution in [0.2, 0.25) is 0 Å². The van der Waals surface area contributed by atoms with E-state index in [-0.39, 0.29) is 0 Å². The summed E-state index contributed by atoms with van der Waals surface area (Å²) in [6.45, 7) is 7.21. The van der Waals surface area contributed by atoms with Crippen LogP contribution in [0.4, 0.5) is 5.82 Å². The first-order chi connectivity index (χ1) is 8.04. The van der Waals surface area contributed by atoms with Gasteiger partial charge in [0.05, 0.1) is 0 Å². The van der Waals surface area contributed by atoms with Crippen molar-refractivity contribution in [1.82, 2.24) is 9.97 Å². The van der Waals surface area contributed by atoms with E-state index in [9.17, 15) is 0 Å². The summed E-state index contributed by atoms with van der Waals surface area (Å²) < 4.78 is 0. The van der Waals surface area contributed by atoms with Crippen LogP contribution >= 0.6 is 11.6 Å². The van der Waals surface area contributed by atoms with Crippen LogP contribution < -0.4 is 5.32 Å². The van der Waals surface area contributed by atoms with E-state index in [0.717, 1.165) is 36.7 Å². The van der Waals surface area contributed by atoms with Gasteiger partial charge in [-0.25, -0.2) is 9.97 Å². The molecule has 1 aliphatic carbocycles. The average molecular weight is 254 g/mol. The summed E-state index contributed by atoms with van der Waals surface area (Å²) in [5.41, 5.74) is 1.02. The van der Waals surface area contributed by atoms with Gasteiger partial charge in [-0.05, 0) is 25.7 Å². The second-order valence-corrected chi connectivity index (χ2v) is 5.84. The van der Waals surface area contributed by atoms with E-state index in [1.54, 1.807) is 0 Å². The van der Waals surface area contributed by atoms with Gasteiger partial charge in [0.2, 0.25) is 0 Å². The van der Waals surface area contributed by atoms with Gasteiger partial charge in [-0.15, -0.1) is 11.6 Å². The molecule has 0 spiro atoms. The third-order valence-electron chi connectivity index (χ3n) is 3.14. The Morgan fingerprint density at radius 2 is 2.12 bits per heavy atom. The topological polar surface area (TPSA) is 37.8 Å². The van der Waals surface area contributed by atoms with E-state index in [2.05, 4.69) is 29.1 Å². The Hall–Kier alpha value is -0.830. The van der Waals surface area contributed by atoms with Gasteiger partial charge in [0.1, 0.15) is 11.6 Å². The van der Waals surface area contributed by atoms with Crippen molar-refractivity contribution in [3.05, 3.63) is 17.6 Å². The fourth-order valence-corrected chi connectivity index (χ4v) is 2.51. The molecule has 1 saturated carbocycles. The van der Waals surface area contributed by atoms with Crippen LogP contribution in [0.3, 0.4) is 0 Å². The lowest BCUT2D eigenvalue weighted by molar-refractivity contribution is 0.341. The second-order valence-electron chi connectivity index (χ2n) is 5.22. The zero-order chi connectivity index (χ0) is 12.4. The van der Waals surface area contributed by atoms with Crippen molar-refractivity contribution in [3.8, 4) is 0 Å². The Kier molecular flexibility index (Phi) is 3.87. The minimum absolute atomic E-state index is 0.367. The molecular weight excluding hydrogens is 234 g/mol. The molecule has 0 atom stereocenters. The molecule has 0 saturated heterocycles. The highest BCUT2D eigenvalue weighted by atomic mass is 35.5. The van der Waals surface area contributed by atoms with Crippen LogP contribution in [0.15, 0.2) is 6.07 Å². The molecule has 1 heterocycles. The van der Waals surface area contributed by atoms with E-state index < -0.39 is 0 Å². The Balaban J connectivity index is 1.95. The summed E-state index contributed by atoms with van der Waals surface area (Å²) in [4.78, 5) is 8.96. The maximum Gasteiger partial charge on any atom is 0.133 e. The maximum absolute atomic E-state index is 5.96. The van der Waals surface area contributed by atoms with Crippen LogP contribution in [-0.2, 0) is 0 Å². The van der Waals surface area contributed by atoms with Crippen molar-refractivity contribution in [1.29, 1.82) is 0 Å². The molecule has 0 amide bonds. The predicted molar refractivity (Wildman–Crippen MR) is 71.7 cm³/mol. The van der Waals surface area contributed by atoms with Gasteiger partial charge in [-0.1, -0.05) is 13.8 Å². The summed E-state index contributed by atoms with van der Waals surface area (Å²) in [6, 6.07) is 2.00. The average Bonchev–Trinajstić information content (AvgIpc) is 2.22. The number of halogens is 1. The van der Waals surface area contributed by atoms with E-state index in [4.69, 9.17) is 11.6 Å². The highest BCUT2D eigenvalue weighted by Crippen LogP contribution is 2.31. The smallest absolute Gasteiger partial charge is 0.133 e. The third kappa shape index (κ3) is 3.32. The lowest BCUT2D eigenvalue weighted by Gasteiger charge is -2.31. The lowest BCUT2D eigenvalue weighted by atomic mass is 9.85. The van der Waals surface area contributed by atoms with Gasteiger partial charge >= 0.3 is 0 Å². The molecule has 3 nitrogen and oxygen atoms in total. The minimum Gasteiger partial charge on any atom is -0.370 e. The van der Waals surface area contributed by atoms with Gasteiger partial charge in [-0.3, -0.25) is 0 Å². The fourth-order valence-electron chi connectivity index (χ4n) is 2.01. The quantitative estimate of drug-likeness (QED) is 0.837. The standard InChI is InChI=1S/C13H20ClN3/c1-8(2)13-16-9(3)4-12(17-13)15-7-10-5-11(14)6-10/h4,8,10-11H,5-7H2,1-3H3,(H,15,16,17). The van der Waals surface area contributed by atoms with Crippen molar-refractivity contribution in [2.75, 3.05) is 11.9 Å². The predicted octanol–water partition coefficient (Wildman–Crippen LogP) is 3.34. The summed E-state index contributed by atoms with van der Waals surface area (Å²) in [7, 11) is 0. The second kappa shape index (κ2) is 5.21. The van der Waals surface area contributed by atoms with E-state index in [1.165, 1.54) is 0 Å². The molecule has 17 heavy (non-hydrogen) atoms. The molecular formula is C13H20ClN3. The van der Waals surface area contributed by atoms with Crippen LogP contribution in [0.25, 0.3) is 0 Å². The van der Waals surface area contributed by atoms with Crippen molar-refractivity contribution in [3.63, 3.8) is 0 Å². The van der Waals surface area contributed by atoms with Crippen LogP contribution in [0.1, 0.15) is 44.1 Å². The molecule has 94 valence electrons. The molecule has 1 aromatic heterocycles. The normalized spacial score (nSPS) is 23.6. The van der Waals surface area contributed by atoms with Crippen molar-refractivity contribution in [2.24, 2.45) is 5.92 Å². The summed E-state index contributed by atoms with van der Waals surface area (Å²) in [5, 5.41) is 3.78. The molecule has 0 aliphatic heterocycles. The Morgan fingerprint density at radius 3 is 2.71 bits per heavy atom. The van der Waals surface area contributed by atoms with Gasteiger partial charge in [0.15, 0.2) is 0 Å². The maximum atomic E-state index is 5.96. The number of hydrogen-bond donors (Lipinski definition) is 1. The van der Waals surface area contributed by atoms with Gasteiger partial charge in [0, 0.05) is 29.6 Å². The highest BCUT2D eigenvalue weighted by Gasteiger charge is 2.26. The summed E-state index contributed by atoms with van der Waals surface area (Å²) in [6.07, 6.45) is 2.24. The zero-order valence-electron chi connectivity index (χ0n) is 10.7. The third-order valence-corrected chi connectivity index (χ3v) is 3.49. The largest absolute Gasteiger partial charge is 0.370 e. The molecule has 0 unspecified atom stereocenters. The molecule has 0 radical (unpaired) electrons. The SMILES string of the molecule is Cc1cc(NCC2CC(Cl)C2)nc(C(C)C)n1. The van der Waals surface area contributed by atoms with Gasteiger partial charge in [0.25, 0.3) is 0 Å². The zero-order valence-corrected chi connectivity index (χ0v) is 11.5. The first-order valence-electron chi connectivity index (χ1n) is 6.28. The molecule has 1 aromatic rings. The fraction of sp³-hybridized carbons (Fsp3) is 0.692. The number of alkyl halides is 1. The number of nitrogens with zero attached hydrogens (tertiary/aromatic N) is 2. The van der Waals surface area contributed by atoms with Crippen LogP contribution in [0, 0.1) is 12.8 Å². The van der Waals surface area contributed by atoms with E-state index in [1.807, 2.05) is 13.0 Å².